The van der Waals surface area contributed by atoms with Gasteiger partial charge in [0.2, 0.25) is 10.9 Å². The number of nitrogens with zero attached hydrogens (tertiary/aromatic N) is 3. The van der Waals surface area contributed by atoms with Crippen LogP contribution in [0.3, 0.4) is 0 Å². The molecule has 0 fully saturated rings. The SMILES string of the molecule is CC(=O)Nc1ccc(-c2cnc3sc(Oc4ccc(F)cc4)nn23)cc1. The maximum Gasteiger partial charge on any atom is 0.299 e. The number of halogens is 1. The Bertz CT molecular complexity index is 1070. The predicted molar refractivity (Wildman–Crippen MR) is 97.1 cm³/mol. The monoisotopic (exact) mass is 368 g/mol. The van der Waals surface area contributed by atoms with Crippen molar-refractivity contribution in [3.63, 3.8) is 0 Å². The molecule has 26 heavy (non-hydrogen) atoms. The summed E-state index contributed by atoms with van der Waals surface area (Å²) in [6.45, 7) is 1.46. The van der Waals surface area contributed by atoms with Crippen LogP contribution >= 0.6 is 11.3 Å². The van der Waals surface area contributed by atoms with Crippen LogP contribution in [-0.4, -0.2) is 20.5 Å². The minimum absolute atomic E-state index is 0.119. The Labute approximate surface area is 151 Å². The lowest BCUT2D eigenvalue weighted by atomic mass is 10.1. The van der Waals surface area contributed by atoms with Crippen molar-refractivity contribution in [3.05, 3.63) is 60.5 Å². The number of nitrogens with one attached hydrogen (secondary N) is 1. The molecule has 0 unspecified atom stereocenters. The van der Waals surface area contributed by atoms with E-state index in [4.69, 9.17) is 4.74 Å². The molecule has 2 aromatic heterocycles. The third-order valence-corrected chi connectivity index (χ3v) is 4.39. The van der Waals surface area contributed by atoms with Crippen LogP contribution in [0.25, 0.3) is 16.2 Å². The zero-order valence-corrected chi connectivity index (χ0v) is 14.5. The van der Waals surface area contributed by atoms with E-state index in [0.717, 1.165) is 16.9 Å². The lowest BCUT2D eigenvalue weighted by Gasteiger charge is -2.03. The summed E-state index contributed by atoms with van der Waals surface area (Å²) in [4.78, 5) is 16.1. The normalized spacial score (nSPS) is 10.8. The summed E-state index contributed by atoms with van der Waals surface area (Å²) >= 11 is 1.29. The third kappa shape index (κ3) is 3.27. The second-order valence-electron chi connectivity index (χ2n) is 5.52. The molecule has 0 bridgehead atoms. The first kappa shape index (κ1) is 16.2. The molecule has 4 rings (SSSR count). The Morgan fingerprint density at radius 3 is 2.58 bits per heavy atom. The predicted octanol–water partition coefficient (Wildman–Crippen LogP) is 4.35. The molecule has 0 radical (unpaired) electrons. The van der Waals surface area contributed by atoms with Gasteiger partial charge in [0.25, 0.3) is 5.19 Å². The number of rotatable bonds is 4. The number of carbonyl (C=O) groups excluding carboxylic acids is 1. The standard InChI is InChI=1S/C18H13FN4O2S/c1-11(24)21-14-6-2-12(3-7-14)16-10-20-17-23(16)22-18(26-17)25-15-8-4-13(19)5-9-15/h2-10H,1H3,(H,21,24). The van der Waals surface area contributed by atoms with Crippen LogP contribution in [-0.2, 0) is 4.79 Å². The lowest BCUT2D eigenvalue weighted by Crippen LogP contribution is -2.05. The summed E-state index contributed by atoms with van der Waals surface area (Å²) in [7, 11) is 0. The van der Waals surface area contributed by atoms with Crippen molar-refractivity contribution < 1.29 is 13.9 Å². The van der Waals surface area contributed by atoms with Crippen molar-refractivity contribution in [1.82, 2.24) is 14.6 Å². The van der Waals surface area contributed by atoms with E-state index < -0.39 is 0 Å². The van der Waals surface area contributed by atoms with Crippen LogP contribution in [0.1, 0.15) is 6.92 Å². The van der Waals surface area contributed by atoms with E-state index in [0.29, 0.717) is 15.9 Å². The van der Waals surface area contributed by atoms with Gasteiger partial charge in [0.1, 0.15) is 11.6 Å². The zero-order chi connectivity index (χ0) is 18.1. The maximum absolute atomic E-state index is 13.0. The van der Waals surface area contributed by atoms with Gasteiger partial charge in [-0.25, -0.2) is 9.37 Å². The topological polar surface area (TPSA) is 68.5 Å². The maximum atomic E-state index is 13.0. The summed E-state index contributed by atoms with van der Waals surface area (Å²) < 4.78 is 20.3. The Hall–Kier alpha value is -3.26. The van der Waals surface area contributed by atoms with Gasteiger partial charge in [-0.3, -0.25) is 4.79 Å². The summed E-state index contributed by atoms with van der Waals surface area (Å²) in [5.41, 5.74) is 2.44. The van der Waals surface area contributed by atoms with Gasteiger partial charge in [-0.15, -0.1) is 5.10 Å². The van der Waals surface area contributed by atoms with Crippen LogP contribution in [0.15, 0.2) is 54.7 Å². The van der Waals surface area contributed by atoms with Gasteiger partial charge in [0.15, 0.2) is 0 Å². The van der Waals surface area contributed by atoms with E-state index in [9.17, 15) is 9.18 Å². The number of benzene rings is 2. The van der Waals surface area contributed by atoms with Crippen LogP contribution in [0.5, 0.6) is 10.9 Å². The van der Waals surface area contributed by atoms with Gasteiger partial charge < -0.3 is 10.1 Å². The van der Waals surface area contributed by atoms with E-state index in [-0.39, 0.29) is 11.7 Å². The number of hydrogen-bond donors (Lipinski definition) is 1. The average Bonchev–Trinajstić information content (AvgIpc) is 3.17. The van der Waals surface area contributed by atoms with Crippen molar-refractivity contribution in [1.29, 1.82) is 0 Å². The number of hydrogen-bond acceptors (Lipinski definition) is 5. The Kier molecular flexibility index (Phi) is 4.10. The Morgan fingerprint density at radius 1 is 1.15 bits per heavy atom. The first-order valence-corrected chi connectivity index (χ1v) is 8.56. The molecule has 0 aliphatic heterocycles. The Morgan fingerprint density at radius 2 is 1.88 bits per heavy atom. The molecule has 8 heteroatoms. The molecule has 4 aromatic rings. The van der Waals surface area contributed by atoms with Crippen molar-refractivity contribution in [2.45, 2.75) is 6.92 Å². The molecular weight excluding hydrogens is 355 g/mol. The summed E-state index contributed by atoms with van der Waals surface area (Å²) in [6.07, 6.45) is 1.73. The van der Waals surface area contributed by atoms with Gasteiger partial charge in [-0.2, -0.15) is 4.52 Å². The minimum atomic E-state index is -0.323. The molecule has 2 heterocycles. The van der Waals surface area contributed by atoms with Gasteiger partial charge >= 0.3 is 0 Å². The lowest BCUT2D eigenvalue weighted by molar-refractivity contribution is -0.114. The number of anilines is 1. The fourth-order valence-corrected chi connectivity index (χ4v) is 3.19. The zero-order valence-electron chi connectivity index (χ0n) is 13.6. The fraction of sp³-hybridized carbons (Fsp3) is 0.0556. The molecule has 0 atom stereocenters. The first-order valence-electron chi connectivity index (χ1n) is 7.74. The molecule has 130 valence electrons. The van der Waals surface area contributed by atoms with Gasteiger partial charge in [0, 0.05) is 18.2 Å². The highest BCUT2D eigenvalue weighted by Crippen LogP contribution is 2.30. The molecule has 1 amide bonds. The van der Waals surface area contributed by atoms with Crippen LogP contribution < -0.4 is 10.1 Å². The number of imidazole rings is 1. The van der Waals surface area contributed by atoms with Crippen molar-refractivity contribution >= 4 is 27.9 Å². The number of amides is 1. The fourth-order valence-electron chi connectivity index (χ4n) is 2.44. The largest absolute Gasteiger partial charge is 0.430 e. The molecule has 0 aliphatic rings. The van der Waals surface area contributed by atoms with Crippen LogP contribution in [0.2, 0.25) is 0 Å². The number of carbonyl (C=O) groups is 1. The third-order valence-electron chi connectivity index (χ3n) is 3.59. The second-order valence-corrected chi connectivity index (χ2v) is 6.44. The number of ether oxygens (including phenoxy) is 1. The van der Waals surface area contributed by atoms with Crippen molar-refractivity contribution in [2.24, 2.45) is 0 Å². The average molecular weight is 368 g/mol. The summed E-state index contributed by atoms with van der Waals surface area (Å²) in [6, 6.07) is 13.1. The van der Waals surface area contributed by atoms with E-state index in [1.54, 1.807) is 22.8 Å². The van der Waals surface area contributed by atoms with Gasteiger partial charge in [0.05, 0.1) is 11.9 Å². The van der Waals surface area contributed by atoms with E-state index in [2.05, 4.69) is 15.4 Å². The van der Waals surface area contributed by atoms with E-state index >= 15 is 0 Å². The second kappa shape index (κ2) is 6.57. The summed E-state index contributed by atoms with van der Waals surface area (Å²) in [5.74, 6) is 0.0625. The van der Waals surface area contributed by atoms with Crippen molar-refractivity contribution in [3.8, 4) is 22.2 Å². The molecule has 2 aromatic carbocycles. The smallest absolute Gasteiger partial charge is 0.299 e. The molecule has 0 spiro atoms. The van der Waals surface area contributed by atoms with Gasteiger partial charge in [-0.1, -0.05) is 12.1 Å². The first-order chi connectivity index (χ1) is 12.6. The molecular formula is C18H13FN4O2S. The molecule has 6 nitrogen and oxygen atoms in total. The van der Waals surface area contributed by atoms with Crippen LogP contribution in [0, 0.1) is 5.82 Å². The quantitative estimate of drug-likeness (QED) is 0.582. The van der Waals surface area contributed by atoms with Crippen molar-refractivity contribution in [2.75, 3.05) is 5.32 Å². The van der Waals surface area contributed by atoms with Gasteiger partial charge in [-0.05, 0) is 47.7 Å². The molecule has 0 saturated heterocycles. The Balaban J connectivity index is 1.61. The number of fused-ring (bicyclic) bond motifs is 1. The molecule has 0 aliphatic carbocycles. The minimum Gasteiger partial charge on any atom is -0.430 e. The van der Waals surface area contributed by atoms with Crippen LogP contribution in [0.4, 0.5) is 10.1 Å². The summed E-state index contributed by atoms with van der Waals surface area (Å²) in [5, 5.41) is 7.57. The van der Waals surface area contributed by atoms with E-state index in [1.807, 2.05) is 24.3 Å². The van der Waals surface area contributed by atoms with E-state index in [1.165, 1.54) is 30.4 Å². The number of aromatic nitrogens is 3. The molecule has 1 N–H and O–H groups in total. The molecule has 0 saturated carbocycles. The highest BCUT2D eigenvalue weighted by molar-refractivity contribution is 7.18. The highest BCUT2D eigenvalue weighted by atomic mass is 32.1. The highest BCUT2D eigenvalue weighted by Gasteiger charge is 2.13.